The lowest BCUT2D eigenvalue weighted by molar-refractivity contribution is -0.120. The molecule has 1 amide bonds. The zero-order chi connectivity index (χ0) is 12.3. The van der Waals surface area contributed by atoms with E-state index < -0.39 is 0 Å². The molecule has 17 heavy (non-hydrogen) atoms. The van der Waals surface area contributed by atoms with Crippen LogP contribution in [0.1, 0.15) is 32.1 Å². The molecule has 0 aromatic heterocycles. The maximum absolute atomic E-state index is 12.0. The molecule has 0 spiro atoms. The molecule has 0 radical (unpaired) electrons. The van der Waals surface area contributed by atoms with Crippen molar-refractivity contribution in [1.29, 1.82) is 0 Å². The van der Waals surface area contributed by atoms with Gasteiger partial charge in [-0.05, 0) is 53.6 Å². The van der Waals surface area contributed by atoms with Gasteiger partial charge in [0.2, 0.25) is 5.91 Å². The Morgan fingerprint density at radius 1 is 1.29 bits per heavy atom. The fourth-order valence-corrected chi connectivity index (χ4v) is 2.70. The van der Waals surface area contributed by atoms with Gasteiger partial charge in [0, 0.05) is 15.2 Å². The predicted molar refractivity (Wildman–Crippen MR) is 79.4 cm³/mol. The topological polar surface area (TPSA) is 29.1 Å². The third kappa shape index (κ3) is 3.58. The standard InChI is InChI=1S/C13H15ClINO/c14-11-8-10(6-7-12(11)15)16-13(17)9-4-2-1-3-5-9/h6-9H,1-5H2,(H,16,17). The smallest absolute Gasteiger partial charge is 0.227 e. The van der Waals surface area contributed by atoms with E-state index in [9.17, 15) is 4.79 Å². The van der Waals surface area contributed by atoms with Crippen molar-refractivity contribution in [3.8, 4) is 0 Å². The molecular formula is C13H15ClINO. The predicted octanol–water partition coefficient (Wildman–Crippen LogP) is 4.46. The number of carbonyl (C=O) groups is 1. The van der Waals surface area contributed by atoms with Gasteiger partial charge < -0.3 is 5.32 Å². The molecule has 0 atom stereocenters. The Morgan fingerprint density at radius 2 is 2.00 bits per heavy atom. The van der Waals surface area contributed by atoms with Gasteiger partial charge in [-0.2, -0.15) is 0 Å². The normalized spacial score (nSPS) is 16.8. The fourth-order valence-electron chi connectivity index (χ4n) is 2.18. The van der Waals surface area contributed by atoms with Gasteiger partial charge in [0.15, 0.2) is 0 Å². The highest BCUT2D eigenvalue weighted by atomic mass is 127. The molecule has 0 saturated heterocycles. The summed E-state index contributed by atoms with van der Waals surface area (Å²) >= 11 is 8.20. The number of amides is 1. The number of halogens is 2. The second-order valence-electron chi connectivity index (χ2n) is 4.45. The van der Waals surface area contributed by atoms with Crippen molar-refractivity contribution in [2.45, 2.75) is 32.1 Å². The molecule has 1 N–H and O–H groups in total. The van der Waals surface area contributed by atoms with E-state index in [4.69, 9.17) is 11.6 Å². The Hall–Kier alpha value is -0.290. The number of anilines is 1. The summed E-state index contributed by atoms with van der Waals surface area (Å²) in [5.74, 6) is 0.323. The molecule has 1 aliphatic carbocycles. The van der Waals surface area contributed by atoms with Crippen molar-refractivity contribution in [2.75, 3.05) is 5.32 Å². The molecule has 1 fully saturated rings. The van der Waals surface area contributed by atoms with Gasteiger partial charge in [-0.3, -0.25) is 4.79 Å². The van der Waals surface area contributed by atoms with Crippen LogP contribution in [-0.2, 0) is 4.79 Å². The number of carbonyl (C=O) groups excluding carboxylic acids is 1. The Kier molecular flexibility index (Phi) is 4.68. The van der Waals surface area contributed by atoms with Gasteiger partial charge in [-0.1, -0.05) is 30.9 Å². The van der Waals surface area contributed by atoms with Crippen LogP contribution in [0.3, 0.4) is 0 Å². The number of nitrogens with one attached hydrogen (secondary N) is 1. The SMILES string of the molecule is O=C(Nc1ccc(I)c(Cl)c1)C1CCCCC1. The molecule has 1 saturated carbocycles. The molecule has 2 nitrogen and oxygen atoms in total. The summed E-state index contributed by atoms with van der Waals surface area (Å²) in [6.45, 7) is 0. The van der Waals surface area contributed by atoms with Crippen molar-refractivity contribution in [3.63, 3.8) is 0 Å². The first-order valence-corrected chi connectivity index (χ1v) is 7.38. The van der Waals surface area contributed by atoms with Crippen molar-refractivity contribution in [2.24, 2.45) is 5.92 Å². The Morgan fingerprint density at radius 3 is 2.65 bits per heavy atom. The zero-order valence-electron chi connectivity index (χ0n) is 9.51. The molecule has 2 rings (SSSR count). The van der Waals surface area contributed by atoms with E-state index in [1.165, 1.54) is 19.3 Å². The summed E-state index contributed by atoms with van der Waals surface area (Å²) in [5, 5.41) is 3.64. The van der Waals surface area contributed by atoms with Crippen molar-refractivity contribution >= 4 is 45.8 Å². The van der Waals surface area contributed by atoms with E-state index in [0.717, 1.165) is 22.1 Å². The van der Waals surface area contributed by atoms with Gasteiger partial charge in [0.25, 0.3) is 0 Å². The Balaban J connectivity index is 1.99. The third-order valence-electron chi connectivity index (χ3n) is 3.16. The number of hydrogen-bond donors (Lipinski definition) is 1. The monoisotopic (exact) mass is 363 g/mol. The summed E-state index contributed by atoms with van der Waals surface area (Å²) < 4.78 is 1.000. The largest absolute Gasteiger partial charge is 0.326 e. The van der Waals surface area contributed by atoms with E-state index in [0.29, 0.717) is 5.02 Å². The van der Waals surface area contributed by atoms with Crippen molar-refractivity contribution < 1.29 is 4.79 Å². The molecular weight excluding hydrogens is 349 g/mol. The minimum atomic E-state index is 0.141. The average molecular weight is 364 g/mol. The first-order chi connectivity index (χ1) is 8.16. The minimum Gasteiger partial charge on any atom is -0.326 e. The fraction of sp³-hybridized carbons (Fsp3) is 0.462. The van der Waals surface area contributed by atoms with Crippen LogP contribution < -0.4 is 5.32 Å². The van der Waals surface area contributed by atoms with Gasteiger partial charge in [0.05, 0.1) is 5.02 Å². The second kappa shape index (κ2) is 6.05. The van der Waals surface area contributed by atoms with Crippen LogP contribution in [0.5, 0.6) is 0 Å². The number of rotatable bonds is 2. The molecule has 4 heteroatoms. The molecule has 1 aromatic rings. The van der Waals surface area contributed by atoms with Gasteiger partial charge >= 0.3 is 0 Å². The van der Waals surface area contributed by atoms with Crippen LogP contribution in [0, 0.1) is 9.49 Å². The Bertz CT molecular complexity index is 416. The highest BCUT2D eigenvalue weighted by Gasteiger charge is 2.21. The van der Waals surface area contributed by atoms with E-state index in [2.05, 4.69) is 27.9 Å². The maximum atomic E-state index is 12.0. The van der Waals surface area contributed by atoms with Crippen LogP contribution in [-0.4, -0.2) is 5.91 Å². The lowest BCUT2D eigenvalue weighted by atomic mass is 9.88. The summed E-state index contributed by atoms with van der Waals surface area (Å²) in [7, 11) is 0. The van der Waals surface area contributed by atoms with Crippen LogP contribution in [0.15, 0.2) is 18.2 Å². The molecule has 0 heterocycles. The number of benzene rings is 1. The van der Waals surface area contributed by atoms with E-state index in [1.807, 2.05) is 18.2 Å². The third-order valence-corrected chi connectivity index (χ3v) is 4.74. The highest BCUT2D eigenvalue weighted by molar-refractivity contribution is 14.1. The summed E-state index contributed by atoms with van der Waals surface area (Å²) in [6.07, 6.45) is 5.64. The lowest BCUT2D eigenvalue weighted by Crippen LogP contribution is -2.24. The number of hydrogen-bond acceptors (Lipinski definition) is 1. The highest BCUT2D eigenvalue weighted by Crippen LogP contribution is 2.26. The van der Waals surface area contributed by atoms with E-state index >= 15 is 0 Å². The summed E-state index contributed by atoms with van der Waals surface area (Å²) in [5.41, 5.74) is 0.797. The maximum Gasteiger partial charge on any atom is 0.227 e. The molecule has 1 aliphatic rings. The minimum absolute atomic E-state index is 0.141. The van der Waals surface area contributed by atoms with Gasteiger partial charge in [-0.25, -0.2) is 0 Å². The molecule has 0 bridgehead atoms. The summed E-state index contributed by atoms with van der Waals surface area (Å²) in [6, 6.07) is 5.62. The van der Waals surface area contributed by atoms with Crippen LogP contribution in [0.25, 0.3) is 0 Å². The van der Waals surface area contributed by atoms with E-state index in [-0.39, 0.29) is 11.8 Å². The lowest BCUT2D eigenvalue weighted by Gasteiger charge is -2.20. The Labute approximate surface area is 120 Å². The second-order valence-corrected chi connectivity index (χ2v) is 6.02. The first-order valence-electron chi connectivity index (χ1n) is 5.93. The average Bonchev–Trinajstić information content (AvgIpc) is 2.35. The van der Waals surface area contributed by atoms with Crippen molar-refractivity contribution in [1.82, 2.24) is 0 Å². The zero-order valence-corrected chi connectivity index (χ0v) is 12.4. The molecule has 92 valence electrons. The van der Waals surface area contributed by atoms with Crippen LogP contribution in [0.2, 0.25) is 5.02 Å². The van der Waals surface area contributed by atoms with Crippen molar-refractivity contribution in [3.05, 3.63) is 26.8 Å². The molecule has 1 aromatic carbocycles. The summed E-state index contributed by atoms with van der Waals surface area (Å²) in [4.78, 5) is 12.0. The molecule has 0 unspecified atom stereocenters. The van der Waals surface area contributed by atoms with Gasteiger partial charge in [0.1, 0.15) is 0 Å². The van der Waals surface area contributed by atoms with Crippen LogP contribution >= 0.6 is 34.2 Å². The quantitative estimate of drug-likeness (QED) is 0.772. The van der Waals surface area contributed by atoms with Crippen LogP contribution in [0.4, 0.5) is 5.69 Å². The van der Waals surface area contributed by atoms with E-state index in [1.54, 1.807) is 0 Å². The van der Waals surface area contributed by atoms with Gasteiger partial charge in [-0.15, -0.1) is 0 Å². The molecule has 0 aliphatic heterocycles. The first kappa shape index (κ1) is 13.1.